The van der Waals surface area contributed by atoms with Crippen LogP contribution in [0.25, 0.3) is 0 Å². The highest BCUT2D eigenvalue weighted by Crippen LogP contribution is 2.23. The van der Waals surface area contributed by atoms with Crippen LogP contribution in [-0.2, 0) is 13.2 Å². The van der Waals surface area contributed by atoms with Crippen molar-refractivity contribution in [1.82, 2.24) is 9.78 Å². The lowest BCUT2D eigenvalue weighted by Gasteiger charge is -2.07. The molecule has 0 spiro atoms. The third-order valence-electron chi connectivity index (χ3n) is 5.42. The summed E-state index contributed by atoms with van der Waals surface area (Å²) in [7, 11) is 0. The van der Waals surface area contributed by atoms with Crippen LogP contribution in [0, 0.1) is 27.7 Å². The molecule has 6 nitrogen and oxygen atoms in total. The molecule has 0 atom stereocenters. The fraction of sp³-hybridized carbons (Fsp3) is 0.231. The number of rotatable bonds is 7. The number of ether oxygens (including phenoxy) is 1. The first kappa shape index (κ1) is 21.4. The Labute approximate surface area is 187 Å². The van der Waals surface area contributed by atoms with E-state index in [4.69, 9.17) is 9.15 Å². The smallest absolute Gasteiger partial charge is 0.291 e. The lowest BCUT2D eigenvalue weighted by atomic mass is 10.1. The number of carbonyl (C=O) groups is 1. The normalized spacial score (nSPS) is 10.9. The standard InChI is InChI=1S/C26H27N3O3/c1-17-9-11-21(12-10-17)15-29-20(4)25(19(3)28-29)27-26(30)24-14-13-22(32-24)16-31-23-8-6-5-7-18(23)2/h5-14H,15-16H2,1-4H3,(H,27,30). The van der Waals surface area contributed by atoms with E-state index >= 15 is 0 Å². The highest BCUT2D eigenvalue weighted by molar-refractivity contribution is 6.02. The van der Waals surface area contributed by atoms with Crippen molar-refractivity contribution >= 4 is 11.6 Å². The number of para-hydroxylation sites is 1. The van der Waals surface area contributed by atoms with Gasteiger partial charge in [-0.15, -0.1) is 0 Å². The quantitative estimate of drug-likeness (QED) is 0.416. The highest BCUT2D eigenvalue weighted by atomic mass is 16.5. The molecule has 4 rings (SSSR count). The van der Waals surface area contributed by atoms with Crippen molar-refractivity contribution < 1.29 is 13.9 Å². The van der Waals surface area contributed by atoms with E-state index in [-0.39, 0.29) is 18.3 Å². The monoisotopic (exact) mass is 429 g/mol. The molecular weight excluding hydrogens is 402 g/mol. The number of aryl methyl sites for hydroxylation is 3. The molecule has 0 aliphatic heterocycles. The molecule has 0 radical (unpaired) electrons. The van der Waals surface area contributed by atoms with Crippen LogP contribution in [0.3, 0.4) is 0 Å². The van der Waals surface area contributed by atoms with E-state index in [0.717, 1.165) is 28.3 Å². The van der Waals surface area contributed by atoms with Crippen LogP contribution >= 0.6 is 0 Å². The molecule has 1 amide bonds. The molecule has 0 aliphatic carbocycles. The Kier molecular flexibility index (Phi) is 6.12. The molecule has 0 fully saturated rings. The van der Waals surface area contributed by atoms with Gasteiger partial charge < -0.3 is 14.5 Å². The third kappa shape index (κ3) is 4.75. The van der Waals surface area contributed by atoms with Crippen molar-refractivity contribution in [3.8, 4) is 5.75 Å². The zero-order valence-corrected chi connectivity index (χ0v) is 18.8. The Balaban J connectivity index is 1.42. The van der Waals surface area contributed by atoms with Crippen molar-refractivity contribution in [1.29, 1.82) is 0 Å². The second kappa shape index (κ2) is 9.14. The van der Waals surface area contributed by atoms with Crippen LogP contribution < -0.4 is 10.1 Å². The summed E-state index contributed by atoms with van der Waals surface area (Å²) in [6, 6.07) is 19.5. The summed E-state index contributed by atoms with van der Waals surface area (Å²) in [4.78, 5) is 12.8. The number of hydrogen-bond donors (Lipinski definition) is 1. The first-order valence-electron chi connectivity index (χ1n) is 10.6. The number of furan rings is 1. The molecule has 0 bridgehead atoms. The van der Waals surface area contributed by atoms with Gasteiger partial charge in [-0.2, -0.15) is 5.10 Å². The number of nitrogens with zero attached hydrogens (tertiary/aromatic N) is 2. The Hall–Kier alpha value is -3.80. The fourth-order valence-corrected chi connectivity index (χ4v) is 3.52. The number of aromatic nitrogens is 2. The van der Waals surface area contributed by atoms with Crippen molar-refractivity contribution in [2.24, 2.45) is 0 Å². The molecule has 0 saturated carbocycles. The van der Waals surface area contributed by atoms with E-state index < -0.39 is 0 Å². The van der Waals surface area contributed by atoms with Crippen LogP contribution in [0.1, 0.15) is 44.4 Å². The maximum atomic E-state index is 12.8. The van der Waals surface area contributed by atoms with Gasteiger partial charge in [0.15, 0.2) is 5.76 Å². The summed E-state index contributed by atoms with van der Waals surface area (Å²) in [5.41, 5.74) is 5.78. The Morgan fingerprint density at radius 2 is 1.75 bits per heavy atom. The van der Waals surface area contributed by atoms with Gasteiger partial charge in [0, 0.05) is 0 Å². The lowest BCUT2D eigenvalue weighted by molar-refractivity contribution is 0.0992. The number of nitrogens with one attached hydrogen (secondary N) is 1. The van der Waals surface area contributed by atoms with Crippen LogP contribution in [0.2, 0.25) is 0 Å². The lowest BCUT2D eigenvalue weighted by Crippen LogP contribution is -2.12. The van der Waals surface area contributed by atoms with Gasteiger partial charge in [-0.3, -0.25) is 9.48 Å². The summed E-state index contributed by atoms with van der Waals surface area (Å²) in [5.74, 6) is 1.30. The van der Waals surface area contributed by atoms with Gasteiger partial charge in [0.1, 0.15) is 18.1 Å². The molecular formula is C26H27N3O3. The molecule has 2 heterocycles. The predicted molar refractivity (Wildman–Crippen MR) is 124 cm³/mol. The van der Waals surface area contributed by atoms with E-state index in [1.807, 2.05) is 49.7 Å². The minimum absolute atomic E-state index is 0.235. The Morgan fingerprint density at radius 3 is 2.50 bits per heavy atom. The zero-order valence-electron chi connectivity index (χ0n) is 18.8. The summed E-state index contributed by atoms with van der Waals surface area (Å²) in [5, 5.41) is 7.55. The van der Waals surface area contributed by atoms with E-state index in [1.165, 1.54) is 5.56 Å². The third-order valence-corrected chi connectivity index (χ3v) is 5.42. The summed E-state index contributed by atoms with van der Waals surface area (Å²) in [6.45, 7) is 8.79. The number of anilines is 1. The predicted octanol–water partition coefficient (Wildman–Crippen LogP) is 5.59. The molecule has 0 unspecified atom stereocenters. The van der Waals surface area contributed by atoms with Gasteiger partial charge in [0.05, 0.1) is 23.6 Å². The van der Waals surface area contributed by atoms with Gasteiger partial charge in [-0.25, -0.2) is 0 Å². The second-order valence-electron chi connectivity index (χ2n) is 7.96. The maximum Gasteiger partial charge on any atom is 0.291 e. The minimum Gasteiger partial charge on any atom is -0.485 e. The van der Waals surface area contributed by atoms with Gasteiger partial charge in [0.25, 0.3) is 5.91 Å². The first-order chi connectivity index (χ1) is 15.4. The van der Waals surface area contributed by atoms with Crippen LogP contribution in [0.4, 0.5) is 5.69 Å². The molecule has 4 aromatic rings. The van der Waals surface area contributed by atoms with Crippen molar-refractivity contribution in [3.63, 3.8) is 0 Å². The molecule has 2 aromatic heterocycles. The molecule has 1 N–H and O–H groups in total. The molecule has 0 saturated heterocycles. The van der Waals surface area contributed by atoms with Gasteiger partial charge in [-0.1, -0.05) is 48.0 Å². The fourth-order valence-electron chi connectivity index (χ4n) is 3.52. The second-order valence-corrected chi connectivity index (χ2v) is 7.96. The number of carbonyl (C=O) groups excluding carboxylic acids is 1. The molecule has 32 heavy (non-hydrogen) atoms. The largest absolute Gasteiger partial charge is 0.485 e. The van der Waals surface area contributed by atoms with Gasteiger partial charge in [0.2, 0.25) is 0 Å². The van der Waals surface area contributed by atoms with E-state index in [1.54, 1.807) is 12.1 Å². The molecule has 164 valence electrons. The summed E-state index contributed by atoms with van der Waals surface area (Å²) < 4.78 is 13.4. The Morgan fingerprint density at radius 1 is 1.00 bits per heavy atom. The average molecular weight is 430 g/mol. The van der Waals surface area contributed by atoms with Crippen molar-refractivity contribution in [2.75, 3.05) is 5.32 Å². The topological polar surface area (TPSA) is 69.3 Å². The maximum absolute atomic E-state index is 12.8. The van der Waals surface area contributed by atoms with E-state index in [9.17, 15) is 4.79 Å². The Bertz CT molecular complexity index is 1240. The summed E-state index contributed by atoms with van der Waals surface area (Å²) in [6.07, 6.45) is 0. The average Bonchev–Trinajstić information content (AvgIpc) is 3.35. The van der Waals surface area contributed by atoms with Gasteiger partial charge in [-0.05, 0) is 57.0 Å². The number of amides is 1. The highest BCUT2D eigenvalue weighted by Gasteiger charge is 2.18. The molecule has 6 heteroatoms. The van der Waals surface area contributed by atoms with Gasteiger partial charge >= 0.3 is 0 Å². The van der Waals surface area contributed by atoms with E-state index in [2.05, 4.69) is 41.6 Å². The number of hydrogen-bond acceptors (Lipinski definition) is 4. The first-order valence-corrected chi connectivity index (χ1v) is 10.6. The SMILES string of the molecule is Cc1ccc(Cn2nc(C)c(NC(=O)c3ccc(COc4ccccc4C)o3)c2C)cc1. The molecule has 2 aromatic carbocycles. The zero-order chi connectivity index (χ0) is 22.7. The van der Waals surface area contributed by atoms with Crippen molar-refractivity contribution in [2.45, 2.75) is 40.8 Å². The van der Waals surface area contributed by atoms with E-state index in [0.29, 0.717) is 18.0 Å². The van der Waals surface area contributed by atoms with Crippen LogP contribution in [0.5, 0.6) is 5.75 Å². The summed E-state index contributed by atoms with van der Waals surface area (Å²) >= 11 is 0. The number of benzene rings is 2. The van der Waals surface area contributed by atoms with Crippen LogP contribution in [0.15, 0.2) is 65.1 Å². The van der Waals surface area contributed by atoms with Crippen LogP contribution in [-0.4, -0.2) is 15.7 Å². The van der Waals surface area contributed by atoms with Crippen molar-refractivity contribution in [3.05, 3.63) is 100 Å². The minimum atomic E-state index is -0.312. The molecule has 0 aliphatic rings.